The van der Waals surface area contributed by atoms with Crippen LogP contribution in [0, 0.1) is 18.3 Å². The van der Waals surface area contributed by atoms with Crippen molar-refractivity contribution in [1.29, 1.82) is 5.26 Å². The van der Waals surface area contributed by atoms with E-state index in [1.807, 2.05) is 24.3 Å². The zero-order valence-corrected chi connectivity index (χ0v) is 20.3. The maximum Gasteiger partial charge on any atom is 0.267 e. The van der Waals surface area contributed by atoms with Gasteiger partial charge in [0.25, 0.3) is 5.91 Å². The van der Waals surface area contributed by atoms with Crippen LogP contribution in [0.1, 0.15) is 11.3 Å². The highest BCUT2D eigenvalue weighted by atomic mass is 79.9. The minimum absolute atomic E-state index is 0.116. The van der Waals surface area contributed by atoms with Crippen LogP contribution >= 0.6 is 15.9 Å². The quantitative estimate of drug-likeness (QED) is 0.227. The number of benzene rings is 2. The van der Waals surface area contributed by atoms with Gasteiger partial charge in [0.1, 0.15) is 42.1 Å². The Labute approximate surface area is 205 Å². The fraction of sp³-hybridized carbons (Fsp3) is 0.208. The summed E-state index contributed by atoms with van der Waals surface area (Å²) in [4.78, 5) is 12.4. The summed E-state index contributed by atoms with van der Waals surface area (Å²) in [6.07, 6.45) is 1.44. The molecule has 3 rings (SSSR count). The number of anilines is 1. The van der Waals surface area contributed by atoms with Crippen molar-refractivity contribution < 1.29 is 28.3 Å². The first-order chi connectivity index (χ1) is 16.4. The summed E-state index contributed by atoms with van der Waals surface area (Å²) >= 11 is 3.46. The highest BCUT2D eigenvalue weighted by Gasteiger charge is 2.15. The SMILES string of the molecule is COc1cccc(OCCOc2c(Br)cc(C=C(C#N)C(=O)Nc3cc(C)on3)cc2OC)c1. The van der Waals surface area contributed by atoms with Crippen molar-refractivity contribution in [2.24, 2.45) is 0 Å². The lowest BCUT2D eigenvalue weighted by molar-refractivity contribution is -0.112. The van der Waals surface area contributed by atoms with E-state index in [9.17, 15) is 10.1 Å². The third-order valence-electron chi connectivity index (χ3n) is 4.44. The van der Waals surface area contributed by atoms with E-state index < -0.39 is 5.91 Å². The molecule has 0 radical (unpaired) electrons. The van der Waals surface area contributed by atoms with Gasteiger partial charge in [0.15, 0.2) is 17.3 Å². The van der Waals surface area contributed by atoms with Gasteiger partial charge in [-0.1, -0.05) is 11.2 Å². The summed E-state index contributed by atoms with van der Waals surface area (Å²) < 4.78 is 27.6. The molecule has 0 aliphatic heterocycles. The van der Waals surface area contributed by atoms with E-state index in [2.05, 4.69) is 26.4 Å². The van der Waals surface area contributed by atoms with Crippen LogP contribution < -0.4 is 24.3 Å². The summed E-state index contributed by atoms with van der Waals surface area (Å²) in [5.74, 6) is 2.41. The summed E-state index contributed by atoms with van der Waals surface area (Å²) in [7, 11) is 3.09. The molecule has 0 saturated heterocycles. The van der Waals surface area contributed by atoms with Crippen LogP contribution in [-0.4, -0.2) is 38.5 Å². The number of methoxy groups -OCH3 is 2. The third kappa shape index (κ3) is 6.52. The Morgan fingerprint density at radius 1 is 1.15 bits per heavy atom. The minimum Gasteiger partial charge on any atom is -0.497 e. The Balaban J connectivity index is 1.68. The summed E-state index contributed by atoms with van der Waals surface area (Å²) in [5.41, 5.74) is 0.446. The number of ether oxygens (including phenoxy) is 4. The van der Waals surface area contributed by atoms with E-state index >= 15 is 0 Å². The topological polar surface area (TPSA) is 116 Å². The number of rotatable bonds is 10. The molecule has 3 aromatic rings. The van der Waals surface area contributed by atoms with E-state index in [1.165, 1.54) is 13.2 Å². The Morgan fingerprint density at radius 2 is 1.91 bits per heavy atom. The number of amides is 1. The second kappa shape index (κ2) is 11.8. The molecule has 0 aliphatic carbocycles. The lowest BCUT2D eigenvalue weighted by Crippen LogP contribution is -2.13. The molecule has 1 heterocycles. The fourth-order valence-electron chi connectivity index (χ4n) is 2.88. The van der Waals surface area contributed by atoms with E-state index in [0.717, 1.165) is 0 Å². The van der Waals surface area contributed by atoms with Gasteiger partial charge in [0, 0.05) is 12.1 Å². The Hall–Kier alpha value is -3.97. The Bertz CT molecular complexity index is 1230. The minimum atomic E-state index is -0.610. The van der Waals surface area contributed by atoms with E-state index in [4.69, 9.17) is 23.5 Å². The van der Waals surface area contributed by atoms with Crippen LogP contribution in [0.5, 0.6) is 23.0 Å². The molecule has 0 fully saturated rings. The molecule has 10 heteroatoms. The molecule has 0 saturated carbocycles. The van der Waals surface area contributed by atoms with Gasteiger partial charge in [-0.25, -0.2) is 0 Å². The van der Waals surface area contributed by atoms with Crippen molar-refractivity contribution in [2.45, 2.75) is 6.92 Å². The Kier molecular flexibility index (Phi) is 8.54. The predicted molar refractivity (Wildman–Crippen MR) is 128 cm³/mol. The molecule has 0 atom stereocenters. The van der Waals surface area contributed by atoms with Crippen molar-refractivity contribution >= 4 is 33.7 Å². The number of hydrogen-bond donors (Lipinski definition) is 1. The monoisotopic (exact) mass is 527 g/mol. The number of carbonyl (C=O) groups excluding carboxylic acids is 1. The zero-order valence-electron chi connectivity index (χ0n) is 18.8. The predicted octanol–water partition coefficient (Wildman–Crippen LogP) is 4.77. The number of aromatic nitrogens is 1. The summed E-state index contributed by atoms with van der Waals surface area (Å²) in [6, 6.07) is 14.1. The van der Waals surface area contributed by atoms with Crippen LogP contribution in [0.2, 0.25) is 0 Å². The van der Waals surface area contributed by atoms with Crippen LogP contribution in [0.3, 0.4) is 0 Å². The van der Waals surface area contributed by atoms with Gasteiger partial charge < -0.3 is 28.8 Å². The third-order valence-corrected chi connectivity index (χ3v) is 5.03. The molecule has 9 nitrogen and oxygen atoms in total. The van der Waals surface area contributed by atoms with Gasteiger partial charge in [0.05, 0.1) is 18.7 Å². The number of nitrogens with zero attached hydrogens (tertiary/aromatic N) is 2. The van der Waals surface area contributed by atoms with E-state index in [1.54, 1.807) is 38.3 Å². The van der Waals surface area contributed by atoms with Crippen molar-refractivity contribution in [2.75, 3.05) is 32.8 Å². The first-order valence-electron chi connectivity index (χ1n) is 10.1. The van der Waals surface area contributed by atoms with Gasteiger partial charge in [-0.15, -0.1) is 0 Å². The molecule has 0 unspecified atom stereocenters. The van der Waals surface area contributed by atoms with Crippen LogP contribution in [0.25, 0.3) is 6.08 Å². The van der Waals surface area contributed by atoms with E-state index in [0.29, 0.717) is 45.4 Å². The van der Waals surface area contributed by atoms with Crippen molar-refractivity contribution in [3.63, 3.8) is 0 Å². The fourth-order valence-corrected chi connectivity index (χ4v) is 3.46. The smallest absolute Gasteiger partial charge is 0.267 e. The first kappa shape index (κ1) is 24.7. The maximum absolute atomic E-state index is 12.4. The van der Waals surface area contributed by atoms with Crippen molar-refractivity contribution in [1.82, 2.24) is 5.16 Å². The van der Waals surface area contributed by atoms with Gasteiger partial charge in [-0.05, 0) is 58.8 Å². The maximum atomic E-state index is 12.4. The molecule has 0 bridgehead atoms. The highest BCUT2D eigenvalue weighted by Crippen LogP contribution is 2.37. The standard InChI is InChI=1S/C24H22BrN3O6/c1-15-9-22(28-34-15)27-24(29)17(14-26)10-16-11-20(25)23(21(12-16)31-3)33-8-7-32-19-6-4-5-18(13-19)30-2/h4-6,9-13H,7-8H2,1-3H3,(H,27,28,29). The number of aryl methyl sites for hydroxylation is 1. The number of nitriles is 1. The molecule has 1 N–H and O–H groups in total. The molecular formula is C24H22BrN3O6. The average molecular weight is 528 g/mol. The molecule has 34 heavy (non-hydrogen) atoms. The van der Waals surface area contributed by atoms with Gasteiger partial charge in [-0.3, -0.25) is 4.79 Å². The Morgan fingerprint density at radius 3 is 2.59 bits per heavy atom. The van der Waals surface area contributed by atoms with Crippen LogP contribution in [0.4, 0.5) is 5.82 Å². The molecule has 1 aromatic heterocycles. The normalized spacial score (nSPS) is 10.9. The van der Waals surface area contributed by atoms with Crippen LogP contribution in [-0.2, 0) is 4.79 Å². The van der Waals surface area contributed by atoms with Gasteiger partial charge in [0.2, 0.25) is 0 Å². The number of carbonyl (C=O) groups is 1. The van der Waals surface area contributed by atoms with Crippen molar-refractivity contribution in [3.05, 3.63) is 63.8 Å². The summed E-state index contributed by atoms with van der Waals surface area (Å²) in [5, 5.41) is 15.7. The molecule has 1 amide bonds. The number of halogens is 1. The molecule has 0 aliphatic rings. The van der Waals surface area contributed by atoms with Gasteiger partial charge >= 0.3 is 0 Å². The zero-order chi connectivity index (χ0) is 24.5. The second-order valence-electron chi connectivity index (χ2n) is 6.86. The van der Waals surface area contributed by atoms with Crippen LogP contribution in [0.15, 0.2) is 57.0 Å². The lowest BCUT2D eigenvalue weighted by atomic mass is 10.1. The largest absolute Gasteiger partial charge is 0.497 e. The molecular weight excluding hydrogens is 506 g/mol. The lowest BCUT2D eigenvalue weighted by Gasteiger charge is -2.14. The van der Waals surface area contributed by atoms with E-state index in [-0.39, 0.29) is 18.0 Å². The van der Waals surface area contributed by atoms with Gasteiger partial charge in [-0.2, -0.15) is 5.26 Å². The average Bonchev–Trinajstić information content (AvgIpc) is 3.25. The molecule has 176 valence electrons. The number of nitrogens with one attached hydrogen (secondary N) is 1. The first-order valence-corrected chi connectivity index (χ1v) is 10.9. The number of hydrogen-bond acceptors (Lipinski definition) is 8. The second-order valence-corrected chi connectivity index (χ2v) is 7.71. The van der Waals surface area contributed by atoms with Crippen molar-refractivity contribution in [3.8, 4) is 29.1 Å². The molecule has 0 spiro atoms. The summed E-state index contributed by atoms with van der Waals surface area (Å²) in [6.45, 7) is 2.25. The highest BCUT2D eigenvalue weighted by molar-refractivity contribution is 9.10. The molecule has 2 aromatic carbocycles.